The Balaban J connectivity index is 1.69. The van der Waals surface area contributed by atoms with Crippen LogP contribution in [0.4, 0.5) is 5.69 Å². The zero-order valence-corrected chi connectivity index (χ0v) is 15.2. The number of benzene rings is 3. The zero-order chi connectivity index (χ0) is 20.6. The Morgan fingerprint density at radius 3 is 2.10 bits per heavy atom. The number of aromatic carboxylic acids is 1. The van der Waals surface area contributed by atoms with Gasteiger partial charge in [0.05, 0.1) is 5.56 Å². The van der Waals surface area contributed by atoms with E-state index in [1.165, 1.54) is 30.3 Å². The Morgan fingerprint density at radius 1 is 0.897 bits per heavy atom. The molecule has 3 aromatic carbocycles. The van der Waals surface area contributed by atoms with E-state index in [-0.39, 0.29) is 11.1 Å². The SMILES string of the molecule is N#C/C(=C\c1ccc(Oc2ccccc2)cc1)C(=O)Nc1ccc(C(=O)O)cc1. The van der Waals surface area contributed by atoms with Crippen LogP contribution in [0.15, 0.2) is 84.4 Å². The number of hydrogen-bond acceptors (Lipinski definition) is 4. The highest BCUT2D eigenvalue weighted by Gasteiger charge is 2.10. The van der Waals surface area contributed by atoms with Crippen molar-refractivity contribution in [3.8, 4) is 17.6 Å². The van der Waals surface area contributed by atoms with E-state index in [4.69, 9.17) is 9.84 Å². The van der Waals surface area contributed by atoms with E-state index in [9.17, 15) is 14.9 Å². The summed E-state index contributed by atoms with van der Waals surface area (Å²) in [6.45, 7) is 0. The summed E-state index contributed by atoms with van der Waals surface area (Å²) in [6, 6.07) is 23.9. The molecule has 2 N–H and O–H groups in total. The molecule has 0 heterocycles. The van der Waals surface area contributed by atoms with Gasteiger partial charge in [0.25, 0.3) is 5.91 Å². The van der Waals surface area contributed by atoms with Gasteiger partial charge in [-0.25, -0.2) is 4.79 Å². The van der Waals surface area contributed by atoms with Crippen molar-refractivity contribution in [3.63, 3.8) is 0 Å². The van der Waals surface area contributed by atoms with Crippen LogP contribution in [0, 0.1) is 11.3 Å². The van der Waals surface area contributed by atoms with Gasteiger partial charge in [-0.05, 0) is 60.2 Å². The number of carbonyl (C=O) groups excluding carboxylic acids is 1. The third-order valence-corrected chi connectivity index (χ3v) is 3.92. The number of nitrogens with zero attached hydrogens (tertiary/aromatic N) is 1. The van der Waals surface area contributed by atoms with E-state index in [0.29, 0.717) is 22.7 Å². The van der Waals surface area contributed by atoms with Crippen LogP contribution in [0.25, 0.3) is 6.08 Å². The van der Waals surface area contributed by atoms with E-state index in [0.717, 1.165) is 0 Å². The second-order valence-corrected chi connectivity index (χ2v) is 5.99. The lowest BCUT2D eigenvalue weighted by molar-refractivity contribution is -0.112. The molecule has 0 saturated carbocycles. The van der Waals surface area contributed by atoms with Gasteiger partial charge in [0.1, 0.15) is 23.1 Å². The van der Waals surface area contributed by atoms with Crippen molar-refractivity contribution in [2.24, 2.45) is 0 Å². The summed E-state index contributed by atoms with van der Waals surface area (Å²) in [5, 5.41) is 20.8. The number of carboxylic acids is 1. The fourth-order valence-electron chi connectivity index (χ4n) is 2.47. The highest BCUT2D eigenvalue weighted by molar-refractivity contribution is 6.09. The third-order valence-electron chi connectivity index (χ3n) is 3.92. The van der Waals surface area contributed by atoms with E-state index in [2.05, 4.69) is 5.32 Å². The second kappa shape index (κ2) is 9.02. The Bertz CT molecular complexity index is 1080. The van der Waals surface area contributed by atoms with Crippen LogP contribution in [-0.2, 0) is 4.79 Å². The lowest BCUT2D eigenvalue weighted by Crippen LogP contribution is -2.13. The largest absolute Gasteiger partial charge is 0.478 e. The van der Waals surface area contributed by atoms with E-state index < -0.39 is 11.9 Å². The fraction of sp³-hybridized carbons (Fsp3) is 0. The Labute approximate surface area is 167 Å². The molecule has 0 spiro atoms. The number of hydrogen-bond donors (Lipinski definition) is 2. The number of anilines is 1. The van der Waals surface area contributed by atoms with Crippen molar-refractivity contribution in [1.82, 2.24) is 0 Å². The van der Waals surface area contributed by atoms with Crippen LogP contribution in [0.2, 0.25) is 0 Å². The Kier molecular flexibility index (Phi) is 6.03. The van der Waals surface area contributed by atoms with Crippen molar-refractivity contribution < 1.29 is 19.4 Å². The molecule has 0 aliphatic heterocycles. The summed E-state index contributed by atoms with van der Waals surface area (Å²) in [7, 11) is 0. The maximum Gasteiger partial charge on any atom is 0.335 e. The van der Waals surface area contributed by atoms with Gasteiger partial charge in [0, 0.05) is 5.69 Å². The predicted octanol–water partition coefficient (Wildman–Crippen LogP) is 4.72. The molecule has 1 amide bonds. The number of carbonyl (C=O) groups is 2. The first-order valence-electron chi connectivity index (χ1n) is 8.64. The average molecular weight is 384 g/mol. The number of nitrogens with one attached hydrogen (secondary N) is 1. The van der Waals surface area contributed by atoms with Crippen molar-refractivity contribution in [1.29, 1.82) is 5.26 Å². The normalized spacial score (nSPS) is 10.7. The molecule has 0 radical (unpaired) electrons. The molecular formula is C23H16N2O4. The molecule has 0 aromatic heterocycles. The standard InChI is InChI=1S/C23H16N2O4/c24-15-18(22(26)25-19-10-8-17(9-11-19)23(27)28)14-16-6-12-21(13-7-16)29-20-4-2-1-3-5-20/h1-14H,(H,25,26)(H,27,28)/b18-14+. The summed E-state index contributed by atoms with van der Waals surface area (Å²) >= 11 is 0. The first-order valence-corrected chi connectivity index (χ1v) is 8.64. The van der Waals surface area contributed by atoms with Crippen LogP contribution in [-0.4, -0.2) is 17.0 Å². The molecule has 0 unspecified atom stereocenters. The summed E-state index contributed by atoms with van der Waals surface area (Å²) in [6.07, 6.45) is 1.47. The van der Waals surface area contributed by atoms with E-state index >= 15 is 0 Å². The molecule has 29 heavy (non-hydrogen) atoms. The number of para-hydroxylation sites is 1. The van der Waals surface area contributed by atoms with Crippen LogP contribution >= 0.6 is 0 Å². The van der Waals surface area contributed by atoms with Crippen LogP contribution in [0.1, 0.15) is 15.9 Å². The van der Waals surface area contributed by atoms with Gasteiger partial charge in [-0.3, -0.25) is 4.79 Å². The number of rotatable bonds is 6. The van der Waals surface area contributed by atoms with Gasteiger partial charge in [-0.15, -0.1) is 0 Å². The minimum Gasteiger partial charge on any atom is -0.478 e. The number of amides is 1. The quantitative estimate of drug-likeness (QED) is 0.473. The molecule has 6 heteroatoms. The third kappa shape index (κ3) is 5.31. The van der Waals surface area contributed by atoms with Crippen molar-refractivity contribution in [2.75, 3.05) is 5.32 Å². The lowest BCUT2D eigenvalue weighted by Gasteiger charge is -2.06. The fourth-order valence-corrected chi connectivity index (χ4v) is 2.47. The molecule has 142 valence electrons. The van der Waals surface area contributed by atoms with Crippen molar-refractivity contribution in [2.45, 2.75) is 0 Å². The Hall–Kier alpha value is -4.37. The van der Waals surface area contributed by atoms with E-state index in [1.54, 1.807) is 24.3 Å². The van der Waals surface area contributed by atoms with E-state index in [1.807, 2.05) is 36.4 Å². The minimum absolute atomic E-state index is 0.0796. The minimum atomic E-state index is -1.06. The van der Waals surface area contributed by atoms with Gasteiger partial charge in [-0.1, -0.05) is 30.3 Å². The monoisotopic (exact) mass is 384 g/mol. The van der Waals surface area contributed by atoms with Gasteiger partial charge < -0.3 is 15.2 Å². The van der Waals surface area contributed by atoms with Crippen LogP contribution < -0.4 is 10.1 Å². The molecule has 0 bridgehead atoms. The number of ether oxygens (including phenoxy) is 1. The molecule has 6 nitrogen and oxygen atoms in total. The molecule has 3 rings (SSSR count). The topological polar surface area (TPSA) is 99.4 Å². The molecule has 0 fully saturated rings. The average Bonchev–Trinajstić information content (AvgIpc) is 2.74. The summed E-state index contributed by atoms with van der Waals surface area (Å²) in [5.41, 5.74) is 1.09. The molecule has 0 aliphatic carbocycles. The van der Waals surface area contributed by atoms with Crippen LogP contribution in [0.5, 0.6) is 11.5 Å². The van der Waals surface area contributed by atoms with Crippen molar-refractivity contribution >= 4 is 23.6 Å². The number of carboxylic acid groups (broad SMARTS) is 1. The highest BCUT2D eigenvalue weighted by Crippen LogP contribution is 2.22. The van der Waals surface area contributed by atoms with Gasteiger partial charge in [0.15, 0.2) is 0 Å². The molecule has 0 atom stereocenters. The molecular weight excluding hydrogens is 368 g/mol. The first kappa shape index (κ1) is 19.4. The van der Waals surface area contributed by atoms with Gasteiger partial charge in [-0.2, -0.15) is 5.26 Å². The maximum absolute atomic E-state index is 12.3. The smallest absolute Gasteiger partial charge is 0.335 e. The summed E-state index contributed by atoms with van der Waals surface area (Å²) < 4.78 is 5.71. The first-order chi connectivity index (χ1) is 14.0. The van der Waals surface area contributed by atoms with Gasteiger partial charge in [0.2, 0.25) is 0 Å². The maximum atomic E-state index is 12.3. The van der Waals surface area contributed by atoms with Gasteiger partial charge >= 0.3 is 5.97 Å². The summed E-state index contributed by atoms with van der Waals surface area (Å²) in [4.78, 5) is 23.2. The molecule has 0 saturated heterocycles. The zero-order valence-electron chi connectivity index (χ0n) is 15.2. The molecule has 3 aromatic rings. The second-order valence-electron chi connectivity index (χ2n) is 5.99. The molecule has 0 aliphatic rings. The Morgan fingerprint density at radius 2 is 1.52 bits per heavy atom. The highest BCUT2D eigenvalue weighted by atomic mass is 16.5. The van der Waals surface area contributed by atoms with Crippen molar-refractivity contribution in [3.05, 3.63) is 95.6 Å². The summed E-state index contributed by atoms with van der Waals surface area (Å²) in [5.74, 6) is -0.294. The number of nitriles is 1. The van der Waals surface area contributed by atoms with Crippen LogP contribution in [0.3, 0.4) is 0 Å². The predicted molar refractivity (Wildman–Crippen MR) is 109 cm³/mol. The lowest BCUT2D eigenvalue weighted by atomic mass is 10.1.